The molecule has 2 saturated carbocycles. The molecule has 2 aliphatic carbocycles. The lowest BCUT2D eigenvalue weighted by Crippen LogP contribution is -2.43. The molecule has 1 N–H and O–H groups in total. The summed E-state index contributed by atoms with van der Waals surface area (Å²) in [6.45, 7) is 6.31. The van der Waals surface area contributed by atoms with Crippen molar-refractivity contribution >= 4 is 50.8 Å². The van der Waals surface area contributed by atoms with Gasteiger partial charge in [0, 0.05) is 16.3 Å². The van der Waals surface area contributed by atoms with Crippen molar-refractivity contribution in [1.29, 1.82) is 0 Å². The summed E-state index contributed by atoms with van der Waals surface area (Å²) < 4.78 is 0.879. The van der Waals surface area contributed by atoms with E-state index < -0.39 is 11.4 Å². The number of hydrogen-bond donors (Lipinski definition) is 1. The van der Waals surface area contributed by atoms with E-state index in [2.05, 4.69) is 47.2 Å². The quantitative estimate of drug-likeness (QED) is 0.384. The summed E-state index contributed by atoms with van der Waals surface area (Å²) in [5.74, 6) is -0.586. The Labute approximate surface area is 195 Å². The molecule has 0 saturated heterocycles. The Hall–Kier alpha value is -2.18. The minimum Gasteiger partial charge on any atom is -0.324 e. The second kappa shape index (κ2) is 7.75. The number of oxime groups is 1. The molecule has 0 heterocycles. The fraction of sp³-hybridized carbons (Fsp3) is 0.375. The van der Waals surface area contributed by atoms with Gasteiger partial charge in [0.1, 0.15) is 0 Å². The van der Waals surface area contributed by atoms with Crippen LogP contribution >= 0.6 is 27.5 Å². The van der Waals surface area contributed by atoms with Crippen LogP contribution in [0.2, 0.25) is 5.02 Å². The molecule has 0 aliphatic heterocycles. The van der Waals surface area contributed by atoms with E-state index >= 15 is 0 Å². The van der Waals surface area contributed by atoms with Crippen molar-refractivity contribution in [2.75, 3.05) is 5.32 Å². The molecule has 2 unspecified atom stereocenters. The fourth-order valence-corrected chi connectivity index (χ4v) is 5.51. The van der Waals surface area contributed by atoms with Gasteiger partial charge in [-0.15, -0.1) is 0 Å². The normalized spacial score (nSPS) is 27.3. The summed E-state index contributed by atoms with van der Waals surface area (Å²) in [5.41, 5.74) is 0.415. The lowest BCUT2D eigenvalue weighted by atomic mass is 9.64. The maximum absolute atomic E-state index is 13.5. The molecule has 2 aliphatic rings. The molecule has 162 valence electrons. The van der Waals surface area contributed by atoms with Crippen molar-refractivity contribution in [2.24, 2.45) is 21.4 Å². The standard InChI is InChI=1S/C24H24BrClN2O3/c1-22(2)23(3)12-13-24(22,21(30)27-18-7-5-4-6-17(18)26)14-19(23)28-31-20(29)15-8-10-16(25)11-9-15/h4-11H,12-14H2,1-3H3,(H,27,30)/b28-19+. The van der Waals surface area contributed by atoms with Gasteiger partial charge in [-0.05, 0) is 54.7 Å². The molecule has 0 radical (unpaired) electrons. The maximum Gasteiger partial charge on any atom is 0.365 e. The summed E-state index contributed by atoms with van der Waals surface area (Å²) in [6, 6.07) is 14.1. The van der Waals surface area contributed by atoms with Crippen molar-refractivity contribution in [3.63, 3.8) is 0 Å². The molecule has 2 aromatic rings. The number of benzene rings is 2. The van der Waals surface area contributed by atoms with Crippen molar-refractivity contribution in [3.05, 3.63) is 63.6 Å². The molecule has 1 amide bonds. The number of nitrogens with zero attached hydrogens (tertiary/aromatic N) is 1. The highest BCUT2D eigenvalue weighted by molar-refractivity contribution is 9.10. The topological polar surface area (TPSA) is 67.8 Å². The van der Waals surface area contributed by atoms with Crippen LogP contribution in [-0.4, -0.2) is 17.6 Å². The number of fused-ring (bicyclic) bond motifs is 2. The van der Waals surface area contributed by atoms with Gasteiger partial charge >= 0.3 is 5.97 Å². The first-order chi connectivity index (χ1) is 14.6. The van der Waals surface area contributed by atoms with Crippen LogP contribution in [0.4, 0.5) is 5.69 Å². The summed E-state index contributed by atoms with van der Waals surface area (Å²) in [6.07, 6.45) is 1.98. The van der Waals surface area contributed by atoms with E-state index in [0.717, 1.165) is 23.0 Å². The van der Waals surface area contributed by atoms with Crippen LogP contribution in [-0.2, 0) is 9.63 Å². The average molecular weight is 504 g/mol. The minimum absolute atomic E-state index is 0.0706. The van der Waals surface area contributed by atoms with E-state index in [1.165, 1.54) is 0 Å². The van der Waals surface area contributed by atoms with Crippen molar-refractivity contribution in [2.45, 2.75) is 40.0 Å². The number of anilines is 1. The molecule has 2 atom stereocenters. The Morgan fingerprint density at radius 1 is 1.06 bits per heavy atom. The molecule has 5 nitrogen and oxygen atoms in total. The fourth-order valence-electron chi connectivity index (χ4n) is 5.06. The monoisotopic (exact) mass is 502 g/mol. The molecule has 2 aromatic carbocycles. The van der Waals surface area contributed by atoms with E-state index in [1.54, 1.807) is 36.4 Å². The van der Waals surface area contributed by atoms with Gasteiger partial charge in [-0.25, -0.2) is 4.79 Å². The second-order valence-electron chi connectivity index (χ2n) is 9.07. The van der Waals surface area contributed by atoms with Gasteiger partial charge in [0.15, 0.2) is 0 Å². The number of para-hydroxylation sites is 1. The molecule has 7 heteroatoms. The van der Waals surface area contributed by atoms with Gasteiger partial charge in [-0.3, -0.25) is 4.79 Å². The van der Waals surface area contributed by atoms with Crippen LogP contribution in [0.5, 0.6) is 0 Å². The highest BCUT2D eigenvalue weighted by Gasteiger charge is 2.71. The zero-order valence-corrected chi connectivity index (χ0v) is 20.0. The van der Waals surface area contributed by atoms with Crippen LogP contribution < -0.4 is 5.32 Å². The predicted octanol–water partition coefficient (Wildman–Crippen LogP) is 6.47. The molecule has 4 rings (SSSR count). The largest absolute Gasteiger partial charge is 0.365 e. The van der Waals surface area contributed by atoms with Gasteiger partial charge in [0.05, 0.1) is 27.4 Å². The van der Waals surface area contributed by atoms with E-state index in [4.69, 9.17) is 16.4 Å². The van der Waals surface area contributed by atoms with Crippen LogP contribution in [0, 0.1) is 16.2 Å². The third kappa shape index (κ3) is 3.40. The molecular formula is C24H24BrClN2O3. The number of amides is 1. The highest BCUT2D eigenvalue weighted by atomic mass is 79.9. The molecular weight excluding hydrogens is 480 g/mol. The van der Waals surface area contributed by atoms with Gasteiger partial charge in [0.25, 0.3) is 0 Å². The molecule has 0 aromatic heterocycles. The first-order valence-corrected chi connectivity index (χ1v) is 11.4. The Balaban J connectivity index is 1.59. The van der Waals surface area contributed by atoms with E-state index in [0.29, 0.717) is 22.7 Å². The molecule has 31 heavy (non-hydrogen) atoms. The van der Waals surface area contributed by atoms with Gasteiger partial charge < -0.3 is 10.2 Å². The summed E-state index contributed by atoms with van der Waals surface area (Å²) >= 11 is 9.61. The lowest BCUT2D eigenvalue weighted by Gasteiger charge is -2.39. The maximum atomic E-state index is 13.5. The Bertz CT molecular complexity index is 1080. The first-order valence-electron chi connectivity index (χ1n) is 10.2. The Morgan fingerprint density at radius 2 is 1.74 bits per heavy atom. The lowest BCUT2D eigenvalue weighted by molar-refractivity contribution is -0.130. The van der Waals surface area contributed by atoms with E-state index in [9.17, 15) is 9.59 Å². The minimum atomic E-state index is -0.649. The summed E-state index contributed by atoms with van der Waals surface area (Å²) in [7, 11) is 0. The van der Waals surface area contributed by atoms with Crippen molar-refractivity contribution in [3.8, 4) is 0 Å². The third-order valence-electron chi connectivity index (χ3n) is 7.61. The van der Waals surface area contributed by atoms with Crippen LogP contribution in [0.1, 0.15) is 50.4 Å². The Kier molecular flexibility index (Phi) is 5.51. The molecule has 2 fully saturated rings. The SMILES string of the molecule is CC12CCC(C(=O)Nc3ccccc3Cl)(C/C1=N\OC(=O)c1ccc(Br)cc1)C2(C)C. The van der Waals surface area contributed by atoms with Crippen LogP contribution in [0.3, 0.4) is 0 Å². The van der Waals surface area contributed by atoms with Gasteiger partial charge in [0.2, 0.25) is 5.91 Å². The number of halogens is 2. The number of carbonyl (C=O) groups is 2. The van der Waals surface area contributed by atoms with Gasteiger partial charge in [-0.2, -0.15) is 0 Å². The van der Waals surface area contributed by atoms with Gasteiger partial charge in [-0.1, -0.05) is 65.6 Å². The smallest absolute Gasteiger partial charge is 0.324 e. The zero-order chi connectivity index (χ0) is 22.4. The average Bonchev–Trinajstić information content (AvgIpc) is 3.05. The highest BCUT2D eigenvalue weighted by Crippen LogP contribution is 2.71. The van der Waals surface area contributed by atoms with E-state index in [-0.39, 0.29) is 16.7 Å². The zero-order valence-electron chi connectivity index (χ0n) is 17.7. The predicted molar refractivity (Wildman–Crippen MR) is 125 cm³/mol. The molecule has 0 spiro atoms. The van der Waals surface area contributed by atoms with Crippen LogP contribution in [0.15, 0.2) is 58.2 Å². The number of hydrogen-bond acceptors (Lipinski definition) is 4. The summed E-state index contributed by atoms with van der Waals surface area (Å²) in [4.78, 5) is 31.2. The van der Waals surface area contributed by atoms with Crippen molar-refractivity contribution in [1.82, 2.24) is 0 Å². The number of nitrogens with one attached hydrogen (secondary N) is 1. The third-order valence-corrected chi connectivity index (χ3v) is 8.47. The first kappa shape index (κ1) is 22.0. The second-order valence-corrected chi connectivity index (χ2v) is 10.4. The molecule has 2 bridgehead atoms. The Morgan fingerprint density at radius 3 is 2.42 bits per heavy atom. The number of carbonyl (C=O) groups excluding carboxylic acids is 2. The van der Waals surface area contributed by atoms with Crippen LogP contribution in [0.25, 0.3) is 0 Å². The number of rotatable bonds is 4. The van der Waals surface area contributed by atoms with E-state index in [1.807, 2.05) is 12.1 Å². The summed E-state index contributed by atoms with van der Waals surface area (Å²) in [5, 5.41) is 7.80. The van der Waals surface area contributed by atoms with Crippen molar-refractivity contribution < 1.29 is 14.4 Å².